The van der Waals surface area contributed by atoms with Gasteiger partial charge in [-0.3, -0.25) is 19.4 Å². The molecule has 0 bridgehead atoms. The average molecular weight is 556 g/mol. The average Bonchev–Trinajstić information content (AvgIpc) is 3.14. The number of amides is 5. The molecule has 1 aromatic rings. The monoisotopic (exact) mass is 555 g/mol. The molecule has 10 nitrogen and oxygen atoms in total. The lowest BCUT2D eigenvalue weighted by Gasteiger charge is -2.28. The van der Waals surface area contributed by atoms with Crippen LogP contribution in [-0.2, 0) is 26.3 Å². The van der Waals surface area contributed by atoms with Crippen molar-refractivity contribution in [3.8, 4) is 6.07 Å². The first kappa shape index (κ1) is 29.1. The molecule has 3 aliphatic heterocycles. The molecule has 3 heterocycles. The highest BCUT2D eigenvalue weighted by molar-refractivity contribution is 6.28. The summed E-state index contributed by atoms with van der Waals surface area (Å²) in [5, 5.41) is 12.7. The molecule has 1 saturated heterocycles. The minimum Gasteiger partial charge on any atom is -0.444 e. The Bertz CT molecular complexity index is 1520. The molecule has 41 heavy (non-hydrogen) atoms. The van der Waals surface area contributed by atoms with Crippen molar-refractivity contribution in [1.82, 2.24) is 15.1 Å². The first-order valence-electron chi connectivity index (χ1n) is 13.1. The number of nitrogens with zero attached hydrogens (tertiary/aromatic N) is 4. The predicted molar refractivity (Wildman–Crippen MR) is 153 cm³/mol. The number of hydrogen-bond donors (Lipinski definition) is 1. The van der Waals surface area contributed by atoms with E-state index in [0.717, 1.165) is 32.3 Å². The number of fused-ring (bicyclic) bond motifs is 3. The highest BCUT2D eigenvalue weighted by atomic mass is 16.6. The van der Waals surface area contributed by atoms with Gasteiger partial charge in [0.25, 0.3) is 11.8 Å². The summed E-state index contributed by atoms with van der Waals surface area (Å²) in [7, 11) is 2.61. The summed E-state index contributed by atoms with van der Waals surface area (Å²) in [6.45, 7) is 9.96. The first-order valence-corrected chi connectivity index (χ1v) is 13.1. The second-order valence-electron chi connectivity index (χ2n) is 11.5. The molecule has 0 unspecified atom stereocenters. The van der Waals surface area contributed by atoms with Gasteiger partial charge in [0.05, 0.1) is 11.6 Å². The van der Waals surface area contributed by atoms with Crippen LogP contribution in [0.2, 0.25) is 0 Å². The third-order valence-corrected chi connectivity index (χ3v) is 7.03. The number of carbonyl (C=O) groups is 4. The molecule has 0 radical (unpaired) electrons. The number of ether oxygens (including phenoxy) is 1. The molecule has 5 amide bonds. The van der Waals surface area contributed by atoms with Crippen molar-refractivity contribution in [2.45, 2.75) is 52.2 Å². The molecular formula is C31H33N5O5. The Morgan fingerprint density at radius 3 is 2.39 bits per heavy atom. The molecule has 1 N–H and O–H groups in total. The molecule has 0 spiro atoms. The van der Waals surface area contributed by atoms with Crippen LogP contribution >= 0.6 is 0 Å². The van der Waals surface area contributed by atoms with Crippen molar-refractivity contribution in [3.05, 3.63) is 88.3 Å². The van der Waals surface area contributed by atoms with Crippen molar-refractivity contribution in [3.63, 3.8) is 0 Å². The van der Waals surface area contributed by atoms with Gasteiger partial charge in [0, 0.05) is 43.6 Å². The van der Waals surface area contributed by atoms with Crippen molar-refractivity contribution in [1.29, 1.82) is 5.26 Å². The largest absolute Gasteiger partial charge is 0.444 e. The molecule has 0 aliphatic carbocycles. The fourth-order valence-electron chi connectivity index (χ4n) is 4.82. The van der Waals surface area contributed by atoms with Crippen molar-refractivity contribution in [2.24, 2.45) is 0 Å². The van der Waals surface area contributed by atoms with Crippen LogP contribution in [0.15, 0.2) is 77.2 Å². The number of likely N-dealkylation sites (N-methyl/N-ethyl adjacent to an activating group) is 2. The zero-order chi connectivity index (χ0) is 30.3. The summed E-state index contributed by atoms with van der Waals surface area (Å²) in [6, 6.07) is 7.53. The quantitative estimate of drug-likeness (QED) is 0.328. The van der Waals surface area contributed by atoms with Gasteiger partial charge in [0.1, 0.15) is 11.2 Å². The molecule has 0 saturated carbocycles. The topological polar surface area (TPSA) is 123 Å². The Kier molecular flexibility index (Phi) is 7.50. The third-order valence-electron chi connectivity index (χ3n) is 7.03. The number of anilines is 1. The first-order chi connectivity index (χ1) is 19.2. The lowest BCUT2D eigenvalue weighted by molar-refractivity contribution is -0.134. The number of benzene rings is 1. The van der Waals surface area contributed by atoms with Crippen LogP contribution in [0.1, 0.15) is 45.7 Å². The van der Waals surface area contributed by atoms with Crippen molar-refractivity contribution >= 4 is 29.6 Å². The number of imide groups is 2. The minimum atomic E-state index is -0.699. The van der Waals surface area contributed by atoms with E-state index >= 15 is 0 Å². The Morgan fingerprint density at radius 2 is 1.78 bits per heavy atom. The van der Waals surface area contributed by atoms with Gasteiger partial charge in [-0.2, -0.15) is 5.26 Å². The summed E-state index contributed by atoms with van der Waals surface area (Å²) < 4.78 is 5.33. The maximum absolute atomic E-state index is 12.4. The SMILES string of the molecule is CN1C(=O)C(=C/C=C/C(C#N)=C2/C=CN3C(=C2)C(C)(C)c2cc(CNC(=O)OC(C)(C)C)ccc23)C(=O)N(C)C1=O. The number of allylic oxidation sites excluding steroid dienone is 8. The Morgan fingerprint density at radius 1 is 1.12 bits per heavy atom. The molecular weight excluding hydrogens is 522 g/mol. The number of barbiturate groups is 1. The number of rotatable bonds is 4. The van der Waals surface area contributed by atoms with Gasteiger partial charge in [0.2, 0.25) is 0 Å². The number of urea groups is 1. The van der Waals surface area contributed by atoms with Gasteiger partial charge >= 0.3 is 12.1 Å². The Balaban J connectivity index is 1.59. The van der Waals surface area contributed by atoms with Gasteiger partial charge < -0.3 is 15.0 Å². The third kappa shape index (κ3) is 5.57. The van der Waals surface area contributed by atoms with Crippen LogP contribution in [0.5, 0.6) is 0 Å². The number of hydrogen-bond acceptors (Lipinski definition) is 7. The van der Waals surface area contributed by atoms with E-state index in [-0.39, 0.29) is 5.57 Å². The summed E-state index contributed by atoms with van der Waals surface area (Å²) in [5.41, 5.74) is 3.86. The number of nitriles is 1. The van der Waals surface area contributed by atoms with Crippen molar-refractivity contribution < 1.29 is 23.9 Å². The van der Waals surface area contributed by atoms with Gasteiger partial charge in [-0.25, -0.2) is 9.59 Å². The second-order valence-corrected chi connectivity index (χ2v) is 11.5. The minimum absolute atomic E-state index is 0.166. The lowest BCUT2D eigenvalue weighted by atomic mass is 9.82. The summed E-state index contributed by atoms with van der Waals surface area (Å²) in [5.74, 6) is -1.40. The van der Waals surface area contributed by atoms with Gasteiger partial charge in [-0.15, -0.1) is 0 Å². The van der Waals surface area contributed by atoms with Crippen LogP contribution < -0.4 is 10.2 Å². The highest BCUT2D eigenvalue weighted by Gasteiger charge is 2.41. The smallest absolute Gasteiger partial charge is 0.407 e. The van der Waals surface area contributed by atoms with Crippen LogP contribution in [0.25, 0.3) is 0 Å². The van der Waals surface area contributed by atoms with E-state index in [1.807, 2.05) is 51.3 Å². The fourth-order valence-corrected chi connectivity index (χ4v) is 4.82. The van der Waals surface area contributed by atoms with E-state index in [0.29, 0.717) is 17.7 Å². The maximum atomic E-state index is 12.4. The van der Waals surface area contributed by atoms with E-state index in [1.165, 1.54) is 32.3 Å². The number of alkyl carbamates (subject to hydrolysis) is 1. The predicted octanol–water partition coefficient (Wildman–Crippen LogP) is 4.57. The number of carbonyl (C=O) groups excluding carboxylic acids is 4. The molecule has 10 heteroatoms. The van der Waals surface area contributed by atoms with Crippen LogP contribution in [0, 0.1) is 11.3 Å². The lowest BCUT2D eigenvalue weighted by Crippen LogP contribution is -2.52. The fraction of sp³-hybridized carbons (Fsp3) is 0.323. The summed E-state index contributed by atoms with van der Waals surface area (Å²) in [6.07, 6.45) is 9.52. The molecule has 3 aliphatic rings. The molecule has 4 rings (SSSR count). The standard InChI is InChI=1S/C31H33N5O5/c1-30(2,3)41-28(39)33-18-19-11-12-24-23(15-19)31(4,5)25-16-20(13-14-36(24)25)21(17-32)9-8-10-22-26(37)34(6)29(40)35(7)27(22)38/h8-16H,18H2,1-7H3,(H,33,39)/b9-8+,21-20+. The van der Waals surface area contributed by atoms with Gasteiger partial charge in [-0.1, -0.05) is 32.1 Å². The van der Waals surface area contributed by atoms with Gasteiger partial charge in [-0.05, 0) is 67.8 Å². The highest BCUT2D eigenvalue weighted by Crippen LogP contribution is 2.50. The zero-order valence-electron chi connectivity index (χ0n) is 24.2. The Hall–Kier alpha value is -4.91. The van der Waals surface area contributed by atoms with Crippen LogP contribution in [-0.4, -0.2) is 53.4 Å². The zero-order valence-corrected chi connectivity index (χ0v) is 24.2. The summed E-state index contributed by atoms with van der Waals surface area (Å²) in [4.78, 5) is 52.7. The Labute approximate surface area is 239 Å². The number of nitrogens with one attached hydrogen (secondary N) is 1. The van der Waals surface area contributed by atoms with E-state index in [2.05, 4.69) is 36.2 Å². The molecule has 212 valence electrons. The molecule has 1 aromatic carbocycles. The van der Waals surface area contributed by atoms with Crippen LogP contribution in [0.4, 0.5) is 15.3 Å². The second kappa shape index (κ2) is 10.6. The molecule has 0 atom stereocenters. The van der Waals surface area contributed by atoms with Crippen LogP contribution in [0.3, 0.4) is 0 Å². The van der Waals surface area contributed by atoms with E-state index in [9.17, 15) is 24.4 Å². The molecule has 0 aromatic heterocycles. The van der Waals surface area contributed by atoms with E-state index in [4.69, 9.17) is 4.74 Å². The van der Waals surface area contributed by atoms with Gasteiger partial charge in [0.15, 0.2) is 0 Å². The van der Waals surface area contributed by atoms with E-state index in [1.54, 1.807) is 0 Å². The normalized spacial score (nSPS) is 19.2. The van der Waals surface area contributed by atoms with Crippen molar-refractivity contribution in [2.75, 3.05) is 19.0 Å². The summed E-state index contributed by atoms with van der Waals surface area (Å²) >= 11 is 0. The molecule has 1 fully saturated rings. The maximum Gasteiger partial charge on any atom is 0.407 e. The van der Waals surface area contributed by atoms with E-state index < -0.39 is 35.0 Å².